The number of methoxy groups -OCH3 is 1. The number of para-hydroxylation sites is 1. The summed E-state index contributed by atoms with van der Waals surface area (Å²) < 4.78 is 5.87. The molecule has 0 saturated carbocycles. The van der Waals surface area contributed by atoms with E-state index in [0.717, 1.165) is 10.7 Å². The number of thioether (sulfide) groups is 1. The van der Waals surface area contributed by atoms with Crippen LogP contribution in [-0.2, 0) is 4.74 Å². The number of fused-ring (bicyclic) bond motifs is 1. The summed E-state index contributed by atoms with van der Waals surface area (Å²) in [5, 5.41) is 1.01. The van der Waals surface area contributed by atoms with Gasteiger partial charge in [0.2, 0.25) is 0 Å². The summed E-state index contributed by atoms with van der Waals surface area (Å²) >= 11 is 1.70. The first kappa shape index (κ1) is 16.1. The Labute approximate surface area is 152 Å². The zero-order valence-electron chi connectivity index (χ0n) is 14.0. The number of ether oxygens (including phenoxy) is 1. The van der Waals surface area contributed by atoms with Gasteiger partial charge in [-0.1, -0.05) is 84.6 Å². The first-order valence-corrected chi connectivity index (χ1v) is 9.22. The molecule has 0 aliphatic carbocycles. The molecule has 2 nitrogen and oxygen atoms in total. The van der Waals surface area contributed by atoms with Crippen LogP contribution in [0.25, 0.3) is 0 Å². The predicted molar refractivity (Wildman–Crippen MR) is 106 cm³/mol. The summed E-state index contributed by atoms with van der Waals surface area (Å²) in [6.45, 7) is 0. The number of benzene rings is 3. The summed E-state index contributed by atoms with van der Waals surface area (Å²) in [7, 11) is 1.78. The van der Waals surface area contributed by atoms with Gasteiger partial charge >= 0.3 is 0 Å². The molecule has 0 aromatic heterocycles. The molecule has 25 heavy (non-hydrogen) atoms. The van der Waals surface area contributed by atoms with Crippen LogP contribution in [0.4, 0.5) is 5.69 Å². The Balaban J connectivity index is 1.84. The highest BCUT2D eigenvalue weighted by atomic mass is 32.2. The van der Waals surface area contributed by atoms with Gasteiger partial charge in [-0.15, -0.1) is 0 Å². The molecule has 0 bridgehead atoms. The van der Waals surface area contributed by atoms with Gasteiger partial charge in [-0.2, -0.15) is 0 Å². The molecule has 124 valence electrons. The van der Waals surface area contributed by atoms with Crippen LogP contribution in [0, 0.1) is 0 Å². The van der Waals surface area contributed by atoms with E-state index in [1.54, 1.807) is 18.9 Å². The maximum atomic E-state index is 5.87. The number of nitrogens with zero attached hydrogens (tertiary/aromatic N) is 1. The molecular formula is C22H19NOS. The second kappa shape index (κ2) is 7.26. The van der Waals surface area contributed by atoms with E-state index in [4.69, 9.17) is 9.73 Å². The van der Waals surface area contributed by atoms with Crippen molar-refractivity contribution in [3.63, 3.8) is 0 Å². The topological polar surface area (TPSA) is 21.6 Å². The Kier molecular flexibility index (Phi) is 4.68. The zero-order valence-corrected chi connectivity index (χ0v) is 14.8. The zero-order chi connectivity index (χ0) is 17.1. The lowest BCUT2D eigenvalue weighted by atomic mass is 9.88. The largest absolute Gasteiger partial charge is 0.369 e. The third kappa shape index (κ3) is 3.26. The molecule has 2 atom stereocenters. The van der Waals surface area contributed by atoms with E-state index in [-0.39, 0.29) is 11.4 Å². The van der Waals surface area contributed by atoms with E-state index in [2.05, 4.69) is 54.6 Å². The van der Waals surface area contributed by atoms with Crippen molar-refractivity contribution >= 4 is 22.5 Å². The summed E-state index contributed by atoms with van der Waals surface area (Å²) in [5.41, 5.74) is 4.70. The highest BCUT2D eigenvalue weighted by Gasteiger charge is 2.34. The SMILES string of the molecule is COC1SC(=Nc2ccccc2)c2ccccc2C1c1ccccc1. The lowest BCUT2D eigenvalue weighted by Gasteiger charge is -2.33. The number of aliphatic imine (C=N–C) groups is 1. The second-order valence-corrected chi connectivity index (χ2v) is 7.04. The van der Waals surface area contributed by atoms with Crippen molar-refractivity contribution in [3.05, 3.63) is 102 Å². The van der Waals surface area contributed by atoms with Crippen LogP contribution in [0.2, 0.25) is 0 Å². The molecule has 0 radical (unpaired) electrons. The van der Waals surface area contributed by atoms with E-state index in [1.165, 1.54) is 16.7 Å². The first-order valence-electron chi connectivity index (χ1n) is 8.34. The van der Waals surface area contributed by atoms with Crippen molar-refractivity contribution in [2.24, 2.45) is 4.99 Å². The molecule has 1 aliphatic heterocycles. The summed E-state index contributed by atoms with van der Waals surface area (Å²) in [6.07, 6.45) is 0. The van der Waals surface area contributed by atoms with Crippen molar-refractivity contribution in [1.29, 1.82) is 0 Å². The van der Waals surface area contributed by atoms with Gasteiger partial charge in [0.05, 0.1) is 5.69 Å². The monoisotopic (exact) mass is 345 g/mol. The van der Waals surface area contributed by atoms with Gasteiger partial charge in [0, 0.05) is 18.6 Å². The van der Waals surface area contributed by atoms with Crippen LogP contribution in [0.5, 0.6) is 0 Å². The van der Waals surface area contributed by atoms with Gasteiger partial charge in [-0.3, -0.25) is 0 Å². The van der Waals surface area contributed by atoms with Gasteiger partial charge in [0.25, 0.3) is 0 Å². The Morgan fingerprint density at radius 3 is 2.16 bits per heavy atom. The van der Waals surface area contributed by atoms with Crippen molar-refractivity contribution < 1.29 is 4.74 Å². The van der Waals surface area contributed by atoms with Crippen molar-refractivity contribution in [3.8, 4) is 0 Å². The lowest BCUT2D eigenvalue weighted by molar-refractivity contribution is 0.160. The average molecular weight is 345 g/mol. The lowest BCUT2D eigenvalue weighted by Crippen LogP contribution is -2.27. The maximum absolute atomic E-state index is 5.87. The molecule has 0 N–H and O–H groups in total. The third-order valence-electron chi connectivity index (χ3n) is 4.40. The van der Waals surface area contributed by atoms with Crippen LogP contribution in [0.15, 0.2) is 89.9 Å². The predicted octanol–water partition coefficient (Wildman–Crippen LogP) is 5.62. The van der Waals surface area contributed by atoms with Gasteiger partial charge in [0.1, 0.15) is 10.5 Å². The minimum atomic E-state index is -0.000220. The molecule has 2 unspecified atom stereocenters. The van der Waals surface area contributed by atoms with Crippen molar-refractivity contribution in [2.45, 2.75) is 11.4 Å². The molecule has 1 heterocycles. The summed E-state index contributed by atoms with van der Waals surface area (Å²) in [5.74, 6) is 0.196. The van der Waals surface area contributed by atoms with Gasteiger partial charge < -0.3 is 4.74 Å². The third-order valence-corrected chi connectivity index (χ3v) is 5.64. The second-order valence-electron chi connectivity index (χ2n) is 5.95. The van der Waals surface area contributed by atoms with Crippen LogP contribution in [-0.4, -0.2) is 17.6 Å². The molecule has 3 heteroatoms. The molecular weight excluding hydrogens is 326 g/mol. The average Bonchev–Trinajstić information content (AvgIpc) is 2.69. The Morgan fingerprint density at radius 1 is 0.800 bits per heavy atom. The van der Waals surface area contributed by atoms with Crippen molar-refractivity contribution in [2.75, 3.05) is 7.11 Å². The van der Waals surface area contributed by atoms with E-state index in [0.29, 0.717) is 0 Å². The number of rotatable bonds is 3. The molecule has 0 spiro atoms. The maximum Gasteiger partial charge on any atom is 0.119 e. The van der Waals surface area contributed by atoms with Crippen LogP contribution in [0.3, 0.4) is 0 Å². The van der Waals surface area contributed by atoms with E-state index in [9.17, 15) is 0 Å². The summed E-state index contributed by atoms with van der Waals surface area (Å²) in [4.78, 5) is 4.89. The Hall–Kier alpha value is -2.36. The Morgan fingerprint density at radius 2 is 1.44 bits per heavy atom. The molecule has 1 aliphatic rings. The fourth-order valence-corrected chi connectivity index (χ4v) is 4.47. The molecule has 0 fully saturated rings. The van der Waals surface area contributed by atoms with Crippen LogP contribution >= 0.6 is 11.8 Å². The Bertz CT molecular complexity index is 877. The molecule has 3 aromatic rings. The van der Waals surface area contributed by atoms with E-state index < -0.39 is 0 Å². The highest BCUT2D eigenvalue weighted by Crippen LogP contribution is 2.44. The highest BCUT2D eigenvalue weighted by molar-refractivity contribution is 8.15. The van der Waals surface area contributed by atoms with Gasteiger partial charge in [-0.05, 0) is 23.3 Å². The van der Waals surface area contributed by atoms with Crippen LogP contribution in [0.1, 0.15) is 22.6 Å². The normalized spacial score (nSPS) is 21.1. The minimum absolute atomic E-state index is 0.000220. The molecule has 0 saturated heterocycles. The molecule has 3 aromatic carbocycles. The molecule has 4 rings (SSSR count). The minimum Gasteiger partial charge on any atom is -0.369 e. The quantitative estimate of drug-likeness (QED) is 0.615. The smallest absolute Gasteiger partial charge is 0.119 e. The van der Waals surface area contributed by atoms with Gasteiger partial charge in [-0.25, -0.2) is 4.99 Å². The van der Waals surface area contributed by atoms with Gasteiger partial charge in [0.15, 0.2) is 0 Å². The standard InChI is InChI=1S/C22H19NOS/c1-24-22-20(16-10-4-2-5-11-16)18-14-8-9-15-19(18)21(25-22)23-17-12-6-3-7-13-17/h2-15,20,22H,1H3. The number of hydrogen-bond donors (Lipinski definition) is 0. The van der Waals surface area contributed by atoms with E-state index >= 15 is 0 Å². The molecule has 0 amide bonds. The van der Waals surface area contributed by atoms with Crippen LogP contribution < -0.4 is 0 Å². The number of hydrogen-bond acceptors (Lipinski definition) is 3. The summed E-state index contributed by atoms with van der Waals surface area (Å²) in [6, 6.07) is 29.2. The first-order chi connectivity index (χ1) is 12.4. The van der Waals surface area contributed by atoms with Crippen molar-refractivity contribution in [1.82, 2.24) is 0 Å². The fourth-order valence-electron chi connectivity index (χ4n) is 3.24. The van der Waals surface area contributed by atoms with E-state index in [1.807, 2.05) is 30.3 Å². The fraction of sp³-hybridized carbons (Fsp3) is 0.136.